The number of anilines is 1. The number of urea groups is 1. The van der Waals surface area contributed by atoms with Crippen LogP contribution in [0.5, 0.6) is 5.75 Å². The third-order valence-corrected chi connectivity index (χ3v) is 4.15. The van der Waals surface area contributed by atoms with Gasteiger partial charge in [-0.2, -0.15) is 0 Å². The lowest BCUT2D eigenvalue weighted by molar-refractivity contribution is 0.207. The third kappa shape index (κ3) is 5.57. The Morgan fingerprint density at radius 3 is 2.56 bits per heavy atom. The molecule has 1 N–H and O–H groups in total. The summed E-state index contributed by atoms with van der Waals surface area (Å²) in [4.78, 5) is 22.7. The molecule has 0 spiro atoms. The number of ether oxygens (including phenoxy) is 1. The molecule has 0 saturated carbocycles. The molecule has 7 nitrogen and oxygen atoms in total. The molecule has 0 saturated heterocycles. The monoisotopic (exact) mass is 365 g/mol. The molecule has 0 bridgehead atoms. The number of carbonyl (C=O) groups excluding carboxylic acids is 1. The van der Waals surface area contributed by atoms with Crippen molar-refractivity contribution in [2.45, 2.75) is 19.5 Å². The topological polar surface area (TPSA) is 72.3 Å². The lowest BCUT2D eigenvalue weighted by Crippen LogP contribution is -2.35. The molecule has 2 aromatic heterocycles. The number of imidazole rings is 1. The van der Waals surface area contributed by atoms with Gasteiger partial charge in [-0.15, -0.1) is 0 Å². The maximum absolute atomic E-state index is 12.8. The molecule has 1 aromatic carbocycles. The molecule has 2 amide bonds. The molecule has 2 heterocycles. The molecule has 27 heavy (non-hydrogen) atoms. The number of nitrogens with zero attached hydrogens (tertiary/aromatic N) is 4. The van der Waals surface area contributed by atoms with Crippen molar-refractivity contribution in [2.75, 3.05) is 19.0 Å². The van der Waals surface area contributed by atoms with Gasteiger partial charge in [0.05, 0.1) is 13.4 Å². The van der Waals surface area contributed by atoms with Crippen LogP contribution >= 0.6 is 0 Å². The fraction of sp³-hybridized carbons (Fsp3) is 0.250. The smallest absolute Gasteiger partial charge is 0.322 e. The lowest BCUT2D eigenvalue weighted by atomic mass is 10.2. The Labute approximate surface area is 158 Å². The zero-order valence-corrected chi connectivity index (χ0v) is 15.3. The van der Waals surface area contributed by atoms with Gasteiger partial charge >= 0.3 is 6.03 Å². The quantitative estimate of drug-likeness (QED) is 0.664. The van der Waals surface area contributed by atoms with E-state index in [-0.39, 0.29) is 6.03 Å². The van der Waals surface area contributed by atoms with Crippen LogP contribution in [0, 0.1) is 0 Å². The van der Waals surface area contributed by atoms with Gasteiger partial charge in [0.1, 0.15) is 5.75 Å². The molecule has 0 aliphatic heterocycles. The Hall–Kier alpha value is -3.35. The molecule has 140 valence electrons. The zero-order valence-electron chi connectivity index (χ0n) is 15.3. The maximum atomic E-state index is 12.8. The first-order valence-corrected chi connectivity index (χ1v) is 8.79. The second-order valence-electron chi connectivity index (χ2n) is 6.09. The van der Waals surface area contributed by atoms with E-state index in [1.807, 2.05) is 47.2 Å². The van der Waals surface area contributed by atoms with Crippen molar-refractivity contribution in [2.24, 2.45) is 0 Å². The Balaban J connectivity index is 1.63. The summed E-state index contributed by atoms with van der Waals surface area (Å²) in [6.45, 7) is 1.96. The number of aryl methyl sites for hydroxylation is 1. The average Bonchev–Trinajstić information content (AvgIpc) is 3.22. The highest BCUT2D eigenvalue weighted by Gasteiger charge is 2.14. The van der Waals surface area contributed by atoms with Gasteiger partial charge in [-0.1, -0.05) is 0 Å². The minimum atomic E-state index is -0.136. The molecule has 0 fully saturated rings. The van der Waals surface area contributed by atoms with Crippen molar-refractivity contribution >= 4 is 11.7 Å². The largest absolute Gasteiger partial charge is 0.497 e. The number of methoxy groups -OCH3 is 1. The molecular weight excluding hydrogens is 342 g/mol. The van der Waals surface area contributed by atoms with Crippen LogP contribution in [0.1, 0.15) is 12.0 Å². The van der Waals surface area contributed by atoms with Crippen LogP contribution < -0.4 is 10.1 Å². The van der Waals surface area contributed by atoms with Crippen molar-refractivity contribution in [3.05, 3.63) is 73.1 Å². The van der Waals surface area contributed by atoms with Gasteiger partial charge < -0.3 is 19.5 Å². The summed E-state index contributed by atoms with van der Waals surface area (Å²) in [6.07, 6.45) is 9.76. The van der Waals surface area contributed by atoms with E-state index in [4.69, 9.17) is 4.74 Å². The normalized spacial score (nSPS) is 10.4. The highest BCUT2D eigenvalue weighted by atomic mass is 16.5. The lowest BCUT2D eigenvalue weighted by Gasteiger charge is -2.23. The van der Waals surface area contributed by atoms with Gasteiger partial charge in [-0.25, -0.2) is 9.78 Å². The number of hydrogen-bond donors (Lipinski definition) is 1. The molecule has 0 radical (unpaired) electrons. The van der Waals surface area contributed by atoms with E-state index < -0.39 is 0 Å². The summed E-state index contributed by atoms with van der Waals surface area (Å²) in [5, 5.41) is 2.95. The first-order valence-electron chi connectivity index (χ1n) is 8.79. The summed E-state index contributed by atoms with van der Waals surface area (Å²) in [5.74, 6) is 0.752. The number of nitrogens with one attached hydrogen (secondary N) is 1. The molecule has 7 heteroatoms. The van der Waals surface area contributed by atoms with Crippen molar-refractivity contribution < 1.29 is 9.53 Å². The SMILES string of the molecule is COc1ccc(NC(=O)N(CCCn2ccnc2)Cc2ccncc2)cc1. The molecule has 3 rings (SSSR count). The van der Waals surface area contributed by atoms with Crippen molar-refractivity contribution in [3.8, 4) is 5.75 Å². The van der Waals surface area contributed by atoms with Crippen LogP contribution in [0.4, 0.5) is 10.5 Å². The highest BCUT2D eigenvalue weighted by molar-refractivity contribution is 5.89. The number of amides is 2. The predicted octanol–water partition coefficient (Wildman–Crippen LogP) is 3.41. The Kier molecular flexibility index (Phi) is 6.40. The second kappa shape index (κ2) is 9.38. The maximum Gasteiger partial charge on any atom is 0.322 e. The Bertz CT molecular complexity index is 819. The summed E-state index contributed by atoms with van der Waals surface area (Å²) in [5.41, 5.74) is 1.77. The van der Waals surface area contributed by atoms with Crippen molar-refractivity contribution in [1.82, 2.24) is 19.4 Å². The van der Waals surface area contributed by atoms with E-state index in [0.29, 0.717) is 13.1 Å². The van der Waals surface area contributed by atoms with E-state index in [9.17, 15) is 4.79 Å². The summed E-state index contributed by atoms with van der Waals surface area (Å²) in [7, 11) is 1.62. The standard InChI is InChI=1S/C20H23N5O2/c1-27-19-5-3-18(4-6-19)23-20(26)25(15-17-7-9-21-10-8-17)13-2-12-24-14-11-22-16-24/h3-11,14,16H,2,12-13,15H2,1H3,(H,23,26). The summed E-state index contributed by atoms with van der Waals surface area (Å²) >= 11 is 0. The third-order valence-electron chi connectivity index (χ3n) is 4.15. The van der Waals surface area contributed by atoms with Crippen molar-refractivity contribution in [3.63, 3.8) is 0 Å². The average molecular weight is 365 g/mol. The number of pyridine rings is 1. The fourth-order valence-corrected chi connectivity index (χ4v) is 2.70. The van der Waals surface area contributed by atoms with Crippen LogP contribution in [0.15, 0.2) is 67.5 Å². The molecule has 0 atom stereocenters. The van der Waals surface area contributed by atoms with E-state index in [1.54, 1.807) is 36.9 Å². The minimum absolute atomic E-state index is 0.136. The van der Waals surface area contributed by atoms with Crippen molar-refractivity contribution in [1.29, 1.82) is 0 Å². The second-order valence-corrected chi connectivity index (χ2v) is 6.09. The van der Waals surface area contributed by atoms with Gasteiger partial charge in [0.15, 0.2) is 0 Å². The van der Waals surface area contributed by atoms with Gasteiger partial charge in [-0.3, -0.25) is 4.98 Å². The van der Waals surface area contributed by atoms with Gasteiger partial charge in [0, 0.05) is 50.1 Å². The number of benzene rings is 1. The summed E-state index contributed by atoms with van der Waals surface area (Å²) < 4.78 is 7.16. The Morgan fingerprint density at radius 2 is 1.89 bits per heavy atom. The number of hydrogen-bond acceptors (Lipinski definition) is 4. The molecule has 0 aliphatic rings. The minimum Gasteiger partial charge on any atom is -0.497 e. The molecule has 0 aliphatic carbocycles. The predicted molar refractivity (Wildman–Crippen MR) is 104 cm³/mol. The van der Waals surface area contributed by atoms with E-state index in [0.717, 1.165) is 30.0 Å². The van der Waals surface area contributed by atoms with Gasteiger partial charge in [0.25, 0.3) is 0 Å². The van der Waals surface area contributed by atoms with E-state index in [1.165, 1.54) is 0 Å². The number of carbonyl (C=O) groups is 1. The van der Waals surface area contributed by atoms with Crippen LogP contribution in [-0.4, -0.2) is 39.1 Å². The first-order chi connectivity index (χ1) is 13.2. The summed E-state index contributed by atoms with van der Waals surface area (Å²) in [6, 6.07) is 11.0. The zero-order chi connectivity index (χ0) is 18.9. The van der Waals surface area contributed by atoms with E-state index in [2.05, 4.69) is 15.3 Å². The van der Waals surface area contributed by atoms with Crippen LogP contribution in [0.3, 0.4) is 0 Å². The van der Waals surface area contributed by atoms with Crippen LogP contribution in [0.2, 0.25) is 0 Å². The van der Waals surface area contributed by atoms with E-state index >= 15 is 0 Å². The van der Waals surface area contributed by atoms with Gasteiger partial charge in [-0.05, 0) is 48.4 Å². The van der Waals surface area contributed by atoms with Crippen LogP contribution in [0.25, 0.3) is 0 Å². The first kappa shape index (κ1) is 18.4. The Morgan fingerprint density at radius 1 is 1.11 bits per heavy atom. The van der Waals surface area contributed by atoms with Gasteiger partial charge in [0.2, 0.25) is 0 Å². The number of rotatable bonds is 8. The molecular formula is C20H23N5O2. The molecule has 0 unspecified atom stereocenters. The van der Waals surface area contributed by atoms with Crippen LogP contribution in [-0.2, 0) is 13.1 Å². The highest BCUT2D eigenvalue weighted by Crippen LogP contribution is 2.16. The number of aromatic nitrogens is 3. The molecule has 3 aromatic rings. The fourth-order valence-electron chi connectivity index (χ4n) is 2.70.